The number of likely N-dealkylation sites (tertiary alicyclic amines) is 1. The zero-order valence-electron chi connectivity index (χ0n) is 15.0. The molecule has 0 radical (unpaired) electrons. The molecule has 0 atom stereocenters. The quantitative estimate of drug-likeness (QED) is 0.728. The maximum absolute atomic E-state index is 4.82. The minimum Gasteiger partial charge on any atom is -0.338 e. The summed E-state index contributed by atoms with van der Waals surface area (Å²) in [4.78, 5) is 10.9. The largest absolute Gasteiger partial charge is 0.338 e. The molecule has 0 saturated carbocycles. The molecule has 0 amide bonds. The van der Waals surface area contributed by atoms with Gasteiger partial charge in [0.1, 0.15) is 5.82 Å². The van der Waals surface area contributed by atoms with Crippen LogP contribution in [0.2, 0.25) is 0 Å². The third-order valence-corrected chi connectivity index (χ3v) is 6.01. The van der Waals surface area contributed by atoms with E-state index >= 15 is 0 Å². The molecule has 25 heavy (non-hydrogen) atoms. The van der Waals surface area contributed by atoms with Gasteiger partial charge in [0.05, 0.1) is 11.0 Å². The number of piperidine rings is 1. The minimum absolute atomic E-state index is 0.668. The van der Waals surface area contributed by atoms with E-state index in [0.717, 1.165) is 24.4 Å². The number of likely N-dealkylation sites (N-methyl/N-ethyl adjacent to an activating group) is 1. The minimum atomic E-state index is 0.668. The van der Waals surface area contributed by atoms with E-state index in [-0.39, 0.29) is 0 Å². The number of thiophene rings is 1. The molecule has 1 aliphatic rings. The molecule has 0 unspecified atom stereocenters. The number of aromatic amines is 1. The molecule has 4 nitrogen and oxygen atoms in total. The molecule has 3 aromatic rings. The van der Waals surface area contributed by atoms with Crippen molar-refractivity contribution in [3.05, 3.63) is 40.1 Å². The lowest BCUT2D eigenvalue weighted by Crippen LogP contribution is -2.37. The molecule has 0 aliphatic carbocycles. The predicted octanol–water partition coefficient (Wildman–Crippen LogP) is 4.00. The summed E-state index contributed by atoms with van der Waals surface area (Å²) in [6, 6.07) is 6.81. The summed E-state index contributed by atoms with van der Waals surface area (Å²) in [6.45, 7) is 6.83. The lowest BCUT2D eigenvalue weighted by molar-refractivity contribution is 0.214. The second-order valence-electron chi connectivity index (χ2n) is 7.05. The third kappa shape index (κ3) is 3.50. The van der Waals surface area contributed by atoms with Crippen LogP contribution >= 0.6 is 11.3 Å². The van der Waals surface area contributed by atoms with Gasteiger partial charge in [-0.15, -0.1) is 0 Å². The number of aromatic nitrogens is 2. The number of hydrogen-bond acceptors (Lipinski definition) is 4. The molecule has 1 saturated heterocycles. The van der Waals surface area contributed by atoms with Crippen LogP contribution in [0.5, 0.6) is 0 Å². The van der Waals surface area contributed by atoms with Crippen molar-refractivity contribution in [1.29, 1.82) is 0 Å². The van der Waals surface area contributed by atoms with Crippen molar-refractivity contribution < 1.29 is 0 Å². The summed E-state index contributed by atoms with van der Waals surface area (Å²) in [5, 5.41) is 7.49. The van der Waals surface area contributed by atoms with Crippen LogP contribution in [-0.2, 0) is 0 Å². The van der Waals surface area contributed by atoms with E-state index in [9.17, 15) is 0 Å². The molecule has 5 heteroatoms. The molecule has 132 valence electrons. The van der Waals surface area contributed by atoms with Crippen LogP contribution in [0.4, 0.5) is 0 Å². The van der Waals surface area contributed by atoms with Crippen molar-refractivity contribution >= 4 is 22.4 Å². The van der Waals surface area contributed by atoms with Gasteiger partial charge < -0.3 is 15.2 Å². The number of nitrogens with one attached hydrogen (secondary N) is 2. The van der Waals surface area contributed by atoms with Gasteiger partial charge in [-0.3, -0.25) is 0 Å². The second kappa shape index (κ2) is 7.28. The highest BCUT2D eigenvalue weighted by Crippen LogP contribution is 2.32. The number of hydrogen-bond donors (Lipinski definition) is 2. The molecule has 4 rings (SSSR count). The van der Waals surface area contributed by atoms with Crippen LogP contribution in [-0.4, -0.2) is 48.1 Å². The van der Waals surface area contributed by atoms with Gasteiger partial charge in [0.15, 0.2) is 0 Å². The van der Waals surface area contributed by atoms with Crippen LogP contribution in [0.15, 0.2) is 29.0 Å². The van der Waals surface area contributed by atoms with Gasteiger partial charge in [0.2, 0.25) is 0 Å². The summed E-state index contributed by atoms with van der Waals surface area (Å²) < 4.78 is 0. The summed E-state index contributed by atoms with van der Waals surface area (Å²) in [7, 11) is 2.03. The van der Waals surface area contributed by atoms with Crippen LogP contribution in [0.25, 0.3) is 22.4 Å². The first kappa shape index (κ1) is 16.8. The summed E-state index contributed by atoms with van der Waals surface area (Å²) in [6.07, 6.45) is 2.50. The predicted molar refractivity (Wildman–Crippen MR) is 106 cm³/mol. The number of fused-ring (bicyclic) bond motifs is 1. The highest BCUT2D eigenvalue weighted by Gasteiger charge is 2.21. The monoisotopic (exact) mass is 354 g/mol. The Bertz CT molecular complexity index is 829. The second-order valence-corrected chi connectivity index (χ2v) is 7.83. The van der Waals surface area contributed by atoms with Crippen molar-refractivity contribution in [1.82, 2.24) is 20.2 Å². The van der Waals surface area contributed by atoms with E-state index in [1.165, 1.54) is 48.1 Å². The summed E-state index contributed by atoms with van der Waals surface area (Å²) in [5.74, 6) is 1.65. The fourth-order valence-corrected chi connectivity index (χ4v) is 4.49. The average Bonchev–Trinajstić information content (AvgIpc) is 3.29. The van der Waals surface area contributed by atoms with Gasteiger partial charge in [-0.2, -0.15) is 11.3 Å². The highest BCUT2D eigenvalue weighted by atomic mass is 32.1. The number of imidazole rings is 1. The normalized spacial score (nSPS) is 16.7. The number of H-pyrrole nitrogens is 1. The Morgan fingerprint density at radius 3 is 2.88 bits per heavy atom. The number of nitrogens with zero attached hydrogens (tertiary/aromatic N) is 2. The van der Waals surface area contributed by atoms with Crippen molar-refractivity contribution in [2.45, 2.75) is 25.7 Å². The molecule has 3 heterocycles. The molecule has 1 aliphatic heterocycles. The van der Waals surface area contributed by atoms with Crippen molar-refractivity contribution in [2.24, 2.45) is 0 Å². The first-order valence-electron chi connectivity index (χ1n) is 9.14. The third-order valence-electron chi connectivity index (χ3n) is 5.33. The zero-order chi connectivity index (χ0) is 17.2. The fraction of sp³-hybridized carbons (Fsp3) is 0.450. The van der Waals surface area contributed by atoms with Gasteiger partial charge in [-0.25, -0.2) is 4.98 Å². The van der Waals surface area contributed by atoms with Gasteiger partial charge in [0, 0.05) is 24.0 Å². The van der Waals surface area contributed by atoms with Crippen molar-refractivity contribution in [3.8, 4) is 11.4 Å². The highest BCUT2D eigenvalue weighted by molar-refractivity contribution is 7.08. The van der Waals surface area contributed by atoms with Gasteiger partial charge in [0.25, 0.3) is 0 Å². The number of aryl methyl sites for hydroxylation is 1. The Kier molecular flexibility index (Phi) is 4.88. The van der Waals surface area contributed by atoms with Crippen molar-refractivity contribution in [2.75, 3.05) is 33.2 Å². The first-order chi connectivity index (χ1) is 12.2. The van der Waals surface area contributed by atoms with Crippen molar-refractivity contribution in [3.63, 3.8) is 0 Å². The SMILES string of the molecule is CNCCN1CCC(c2cc(C)c3nc(-c4ccsc4)[nH]c3c2)CC1. The maximum atomic E-state index is 4.82. The zero-order valence-corrected chi connectivity index (χ0v) is 15.8. The summed E-state index contributed by atoms with van der Waals surface area (Å²) >= 11 is 1.71. The molecular weight excluding hydrogens is 328 g/mol. The first-order valence-corrected chi connectivity index (χ1v) is 10.1. The van der Waals surface area contributed by atoms with E-state index in [2.05, 4.69) is 51.1 Å². The Balaban J connectivity index is 1.55. The van der Waals surface area contributed by atoms with E-state index in [1.54, 1.807) is 11.3 Å². The average molecular weight is 355 g/mol. The Morgan fingerprint density at radius 1 is 1.32 bits per heavy atom. The molecule has 1 aromatic carbocycles. The summed E-state index contributed by atoms with van der Waals surface area (Å²) in [5.41, 5.74) is 6.21. The lowest BCUT2D eigenvalue weighted by Gasteiger charge is -2.32. The van der Waals surface area contributed by atoms with Gasteiger partial charge in [-0.05, 0) is 74.5 Å². The molecule has 2 N–H and O–H groups in total. The molecule has 0 spiro atoms. The van der Waals surface area contributed by atoms with E-state index in [1.807, 2.05) is 7.05 Å². The smallest absolute Gasteiger partial charge is 0.139 e. The molecule has 2 aromatic heterocycles. The van der Waals surface area contributed by atoms with Crippen LogP contribution < -0.4 is 5.32 Å². The van der Waals surface area contributed by atoms with E-state index < -0.39 is 0 Å². The van der Waals surface area contributed by atoms with Crippen LogP contribution in [0, 0.1) is 6.92 Å². The van der Waals surface area contributed by atoms with Crippen LogP contribution in [0.1, 0.15) is 29.9 Å². The number of rotatable bonds is 5. The number of benzene rings is 1. The maximum Gasteiger partial charge on any atom is 0.139 e. The van der Waals surface area contributed by atoms with E-state index in [0.29, 0.717) is 5.92 Å². The van der Waals surface area contributed by atoms with Crippen LogP contribution in [0.3, 0.4) is 0 Å². The Morgan fingerprint density at radius 2 is 2.16 bits per heavy atom. The Labute approximate surface area is 153 Å². The molecule has 0 bridgehead atoms. The standard InChI is InChI=1S/C20H26N4S/c1-14-11-17(15-3-7-24(8-4-15)9-6-21-2)12-18-19(14)23-20(22-18)16-5-10-25-13-16/h5,10-13,15,21H,3-4,6-9H2,1-2H3,(H,22,23). The van der Waals surface area contributed by atoms with E-state index in [4.69, 9.17) is 4.98 Å². The lowest BCUT2D eigenvalue weighted by atomic mass is 9.88. The van der Waals surface area contributed by atoms with Gasteiger partial charge in [-0.1, -0.05) is 6.07 Å². The fourth-order valence-electron chi connectivity index (χ4n) is 3.85. The topological polar surface area (TPSA) is 44.0 Å². The Hall–Kier alpha value is -1.69. The van der Waals surface area contributed by atoms with Gasteiger partial charge >= 0.3 is 0 Å². The molecule has 1 fully saturated rings. The molecular formula is C20H26N4S.